The molecule has 6 nitrogen and oxygen atoms in total. The summed E-state index contributed by atoms with van der Waals surface area (Å²) < 4.78 is 15.3. The number of carbonyl (C=O) groups is 1. The van der Waals surface area contributed by atoms with E-state index < -0.39 is 5.91 Å². The summed E-state index contributed by atoms with van der Waals surface area (Å²) in [7, 11) is 0. The van der Waals surface area contributed by atoms with Gasteiger partial charge in [0.2, 0.25) is 5.17 Å². The van der Waals surface area contributed by atoms with E-state index in [9.17, 15) is 9.18 Å². The van der Waals surface area contributed by atoms with Crippen molar-refractivity contribution in [1.82, 2.24) is 9.58 Å². The highest BCUT2D eigenvalue weighted by molar-refractivity contribution is 8.27. The maximum atomic E-state index is 13.3. The Morgan fingerprint density at radius 3 is 2.61 bits per heavy atom. The number of aromatic nitrogens is 1. The third kappa shape index (κ3) is 3.81. The van der Waals surface area contributed by atoms with Crippen molar-refractivity contribution in [3.8, 4) is 5.69 Å². The van der Waals surface area contributed by atoms with E-state index in [4.69, 9.17) is 17.0 Å². The minimum absolute atomic E-state index is 0.0535. The molecular weight excluding hydrogens is 461 g/mol. The predicted molar refractivity (Wildman–Crippen MR) is 131 cm³/mol. The third-order valence-electron chi connectivity index (χ3n) is 5.38. The molecular formula is C24H17ClFN5OS. The monoisotopic (exact) mass is 477 g/mol. The van der Waals surface area contributed by atoms with Crippen LogP contribution in [0.1, 0.15) is 22.5 Å². The van der Waals surface area contributed by atoms with E-state index in [0.717, 1.165) is 22.6 Å². The summed E-state index contributed by atoms with van der Waals surface area (Å²) >= 11 is 7.34. The Morgan fingerprint density at radius 1 is 1.12 bits per heavy atom. The first-order chi connectivity index (χ1) is 15.8. The van der Waals surface area contributed by atoms with Crippen LogP contribution in [0.5, 0.6) is 0 Å². The van der Waals surface area contributed by atoms with E-state index in [1.165, 1.54) is 28.9 Å². The Labute approximate surface area is 198 Å². The lowest BCUT2D eigenvalue weighted by Crippen LogP contribution is -2.35. The second kappa shape index (κ2) is 8.13. The maximum Gasteiger partial charge on any atom is 0.283 e. The molecule has 0 fully saturated rings. The maximum absolute atomic E-state index is 13.3. The number of amidine groups is 2. The quantitative estimate of drug-likeness (QED) is 0.502. The fourth-order valence-electron chi connectivity index (χ4n) is 3.80. The van der Waals surface area contributed by atoms with Crippen LogP contribution in [0.25, 0.3) is 11.8 Å². The number of hydrazone groups is 1. The molecule has 164 valence electrons. The largest absolute Gasteiger partial charge is 0.318 e. The Kier molecular flexibility index (Phi) is 5.26. The molecule has 0 saturated carbocycles. The van der Waals surface area contributed by atoms with Crippen molar-refractivity contribution in [2.45, 2.75) is 13.8 Å². The van der Waals surface area contributed by atoms with Crippen LogP contribution in [0.2, 0.25) is 5.02 Å². The van der Waals surface area contributed by atoms with Gasteiger partial charge in [0.05, 0.1) is 5.57 Å². The number of rotatable bonds is 3. The normalized spacial score (nSPS) is 16.8. The molecule has 0 aliphatic carbocycles. The van der Waals surface area contributed by atoms with Crippen molar-refractivity contribution in [2.24, 2.45) is 10.1 Å². The second-order valence-electron chi connectivity index (χ2n) is 7.57. The minimum atomic E-state index is -0.498. The van der Waals surface area contributed by atoms with Gasteiger partial charge in [-0.05, 0) is 85.8 Å². The summed E-state index contributed by atoms with van der Waals surface area (Å²) in [4.78, 5) is 16.9. The lowest BCUT2D eigenvalue weighted by Gasteiger charge is -2.20. The van der Waals surface area contributed by atoms with Crippen molar-refractivity contribution in [1.29, 1.82) is 5.41 Å². The van der Waals surface area contributed by atoms with Gasteiger partial charge in [-0.3, -0.25) is 10.2 Å². The SMILES string of the molecule is Cc1cc(C=C2C(=N)N3N=C(c4ccc(F)cc4)SC3=NC2=O)c(C)n1-c1cccc(Cl)c1. The topological polar surface area (TPSA) is 73.8 Å². The second-order valence-corrected chi connectivity index (χ2v) is 8.97. The number of nitrogens with one attached hydrogen (secondary N) is 1. The van der Waals surface area contributed by atoms with Crippen LogP contribution in [-0.2, 0) is 4.79 Å². The van der Waals surface area contributed by atoms with Gasteiger partial charge in [0.15, 0.2) is 5.84 Å². The summed E-state index contributed by atoms with van der Waals surface area (Å²) in [6, 6.07) is 15.4. The molecule has 1 amide bonds. The van der Waals surface area contributed by atoms with Crippen molar-refractivity contribution < 1.29 is 9.18 Å². The molecule has 1 aromatic heterocycles. The fourth-order valence-corrected chi connectivity index (χ4v) is 4.88. The van der Waals surface area contributed by atoms with Gasteiger partial charge >= 0.3 is 0 Å². The molecule has 0 spiro atoms. The molecule has 0 saturated heterocycles. The Bertz CT molecular complexity index is 1420. The van der Waals surface area contributed by atoms with Gasteiger partial charge in [-0.2, -0.15) is 15.1 Å². The van der Waals surface area contributed by atoms with Crippen LogP contribution >= 0.6 is 23.4 Å². The van der Waals surface area contributed by atoms with Gasteiger partial charge in [0.25, 0.3) is 5.91 Å². The Morgan fingerprint density at radius 2 is 1.88 bits per heavy atom. The summed E-state index contributed by atoms with van der Waals surface area (Å²) in [6.45, 7) is 3.92. The summed E-state index contributed by atoms with van der Waals surface area (Å²) in [5.74, 6) is -0.898. The van der Waals surface area contributed by atoms with Gasteiger partial charge in [-0.25, -0.2) is 4.39 Å². The van der Waals surface area contributed by atoms with Crippen LogP contribution < -0.4 is 0 Å². The van der Waals surface area contributed by atoms with Gasteiger partial charge in [0, 0.05) is 27.7 Å². The van der Waals surface area contributed by atoms with Gasteiger partial charge < -0.3 is 4.57 Å². The van der Waals surface area contributed by atoms with E-state index in [-0.39, 0.29) is 17.2 Å². The molecule has 33 heavy (non-hydrogen) atoms. The van der Waals surface area contributed by atoms with Crippen molar-refractivity contribution in [3.05, 3.63) is 93.5 Å². The average molecular weight is 478 g/mol. The first kappa shape index (κ1) is 21.4. The zero-order chi connectivity index (χ0) is 23.3. The summed E-state index contributed by atoms with van der Waals surface area (Å²) in [5, 5.41) is 15.9. The van der Waals surface area contributed by atoms with Gasteiger partial charge in [0.1, 0.15) is 10.9 Å². The van der Waals surface area contributed by atoms with Crippen molar-refractivity contribution >= 4 is 51.4 Å². The van der Waals surface area contributed by atoms with Crippen LogP contribution in [0.3, 0.4) is 0 Å². The molecule has 0 unspecified atom stereocenters. The predicted octanol–water partition coefficient (Wildman–Crippen LogP) is 5.55. The molecule has 3 heterocycles. The van der Waals surface area contributed by atoms with E-state index in [0.29, 0.717) is 20.8 Å². The highest BCUT2D eigenvalue weighted by Gasteiger charge is 2.36. The van der Waals surface area contributed by atoms with E-state index in [1.807, 2.05) is 48.7 Å². The molecule has 3 aromatic rings. The molecule has 2 aromatic carbocycles. The van der Waals surface area contributed by atoms with Crippen molar-refractivity contribution in [3.63, 3.8) is 0 Å². The number of halogens is 2. The zero-order valence-electron chi connectivity index (χ0n) is 17.6. The van der Waals surface area contributed by atoms with Crippen LogP contribution in [0.4, 0.5) is 4.39 Å². The number of hydrogen-bond acceptors (Lipinski definition) is 4. The minimum Gasteiger partial charge on any atom is -0.318 e. The third-order valence-corrected chi connectivity index (χ3v) is 6.57. The molecule has 0 bridgehead atoms. The average Bonchev–Trinajstić information content (AvgIpc) is 3.32. The summed E-state index contributed by atoms with van der Waals surface area (Å²) in [6.07, 6.45) is 1.67. The van der Waals surface area contributed by atoms with Crippen LogP contribution in [0.15, 0.2) is 70.3 Å². The first-order valence-corrected chi connectivity index (χ1v) is 11.2. The van der Waals surface area contributed by atoms with Crippen LogP contribution in [-0.4, -0.2) is 31.5 Å². The smallest absolute Gasteiger partial charge is 0.283 e. The number of fused-ring (bicyclic) bond motifs is 1. The lowest BCUT2D eigenvalue weighted by molar-refractivity contribution is -0.114. The number of nitrogens with zero attached hydrogens (tertiary/aromatic N) is 4. The van der Waals surface area contributed by atoms with Crippen molar-refractivity contribution in [2.75, 3.05) is 0 Å². The molecule has 2 aliphatic rings. The molecule has 9 heteroatoms. The number of amides is 1. The number of aryl methyl sites for hydroxylation is 1. The fraction of sp³-hybridized carbons (Fsp3) is 0.0833. The Hall–Kier alpha value is -3.49. The van der Waals surface area contributed by atoms with Crippen LogP contribution in [0, 0.1) is 25.1 Å². The van der Waals surface area contributed by atoms with E-state index in [1.54, 1.807) is 18.2 Å². The number of aliphatic imine (C=N–C) groups is 1. The molecule has 2 aliphatic heterocycles. The first-order valence-electron chi connectivity index (χ1n) is 10.0. The Balaban J connectivity index is 1.51. The molecule has 0 atom stereocenters. The van der Waals surface area contributed by atoms with Gasteiger partial charge in [-0.15, -0.1) is 0 Å². The van der Waals surface area contributed by atoms with E-state index in [2.05, 4.69) is 10.1 Å². The van der Waals surface area contributed by atoms with E-state index >= 15 is 0 Å². The lowest BCUT2D eigenvalue weighted by atomic mass is 10.1. The number of benzene rings is 2. The summed E-state index contributed by atoms with van der Waals surface area (Å²) in [5.41, 5.74) is 4.42. The number of carbonyl (C=O) groups excluding carboxylic acids is 1. The highest BCUT2D eigenvalue weighted by atomic mass is 35.5. The number of hydrogen-bond donors (Lipinski definition) is 1. The number of thioether (sulfide) groups is 1. The van der Waals surface area contributed by atoms with Gasteiger partial charge in [-0.1, -0.05) is 17.7 Å². The standard InChI is InChI=1S/C24H17ClFN5OS/c1-13-10-16(14(2)30(13)19-5-3-4-17(25)12-19)11-20-21(27)31-24(28-22(20)32)33-23(29-31)15-6-8-18(26)9-7-15/h3-12,27H,1-2H3. The molecule has 0 radical (unpaired) electrons. The molecule has 1 N–H and O–H groups in total. The molecule has 5 rings (SSSR count). The highest BCUT2D eigenvalue weighted by Crippen LogP contribution is 2.32. The zero-order valence-corrected chi connectivity index (χ0v) is 19.2.